The Hall–Kier alpha value is -1.89. The highest BCUT2D eigenvalue weighted by Gasteiger charge is 2.30. The molecule has 1 aromatic rings. The molecule has 3 unspecified atom stereocenters. The van der Waals surface area contributed by atoms with E-state index >= 15 is 0 Å². The molecule has 3 atom stereocenters. The maximum atomic E-state index is 12.0. The van der Waals surface area contributed by atoms with Crippen LogP contribution in [0.1, 0.15) is 42.7 Å². The van der Waals surface area contributed by atoms with Gasteiger partial charge in [-0.2, -0.15) is 5.26 Å². The van der Waals surface area contributed by atoms with Gasteiger partial charge < -0.3 is 5.32 Å². The van der Waals surface area contributed by atoms with Gasteiger partial charge in [-0.25, -0.2) is 4.98 Å². The first kappa shape index (κ1) is 12.6. The van der Waals surface area contributed by atoms with Crippen molar-refractivity contribution in [3.63, 3.8) is 0 Å². The number of nitrogens with zero attached hydrogens (tertiary/aromatic N) is 2. The van der Waals surface area contributed by atoms with Gasteiger partial charge in [0.15, 0.2) is 0 Å². The first-order valence-electron chi connectivity index (χ1n) is 6.29. The first-order valence-corrected chi connectivity index (χ1v) is 6.29. The number of rotatable bonds is 2. The SMILES string of the molecule is CC1CCC(NC(=O)c2ccc(C#N)cn2)C1C. The van der Waals surface area contributed by atoms with Crippen molar-refractivity contribution in [3.05, 3.63) is 29.6 Å². The number of carbonyl (C=O) groups excluding carboxylic acids is 1. The van der Waals surface area contributed by atoms with Crippen molar-refractivity contribution < 1.29 is 4.79 Å². The van der Waals surface area contributed by atoms with Crippen LogP contribution in [0, 0.1) is 23.2 Å². The Balaban J connectivity index is 2.01. The van der Waals surface area contributed by atoms with E-state index < -0.39 is 0 Å². The molecule has 0 aliphatic heterocycles. The molecule has 1 saturated carbocycles. The zero-order valence-electron chi connectivity index (χ0n) is 10.7. The van der Waals surface area contributed by atoms with Crippen LogP contribution < -0.4 is 5.32 Å². The Kier molecular flexibility index (Phi) is 3.61. The number of nitriles is 1. The summed E-state index contributed by atoms with van der Waals surface area (Å²) in [5.74, 6) is 1.02. The predicted octanol–water partition coefficient (Wildman–Crippen LogP) is 2.12. The number of pyridine rings is 1. The Morgan fingerprint density at radius 1 is 1.44 bits per heavy atom. The maximum Gasteiger partial charge on any atom is 0.270 e. The van der Waals surface area contributed by atoms with E-state index in [4.69, 9.17) is 5.26 Å². The fraction of sp³-hybridized carbons (Fsp3) is 0.500. The Morgan fingerprint density at radius 2 is 2.22 bits per heavy atom. The van der Waals surface area contributed by atoms with Gasteiger partial charge in [0.1, 0.15) is 11.8 Å². The van der Waals surface area contributed by atoms with Gasteiger partial charge in [0.2, 0.25) is 0 Å². The monoisotopic (exact) mass is 243 g/mol. The minimum Gasteiger partial charge on any atom is -0.348 e. The third kappa shape index (κ3) is 2.51. The molecule has 1 aliphatic rings. The Bertz CT molecular complexity index is 475. The molecular weight excluding hydrogens is 226 g/mol. The minimum absolute atomic E-state index is 0.148. The molecule has 0 bridgehead atoms. The zero-order chi connectivity index (χ0) is 13.1. The summed E-state index contributed by atoms with van der Waals surface area (Å²) in [5.41, 5.74) is 0.843. The molecular formula is C14H17N3O. The summed E-state index contributed by atoms with van der Waals surface area (Å²) in [7, 11) is 0. The largest absolute Gasteiger partial charge is 0.348 e. The van der Waals surface area contributed by atoms with Crippen LogP contribution in [0.4, 0.5) is 0 Å². The summed E-state index contributed by atoms with van der Waals surface area (Å²) in [5, 5.41) is 11.7. The molecule has 0 aromatic carbocycles. The number of nitrogens with one attached hydrogen (secondary N) is 1. The lowest BCUT2D eigenvalue weighted by Crippen LogP contribution is -2.37. The van der Waals surface area contributed by atoms with Crippen LogP contribution in [0.15, 0.2) is 18.3 Å². The van der Waals surface area contributed by atoms with Crippen LogP contribution in [-0.2, 0) is 0 Å². The fourth-order valence-corrected chi connectivity index (χ4v) is 2.41. The van der Waals surface area contributed by atoms with E-state index in [1.54, 1.807) is 12.1 Å². The average molecular weight is 243 g/mol. The summed E-state index contributed by atoms with van der Waals surface area (Å²) >= 11 is 0. The molecule has 4 nitrogen and oxygen atoms in total. The van der Waals surface area contributed by atoms with Crippen molar-refractivity contribution in [1.29, 1.82) is 5.26 Å². The van der Waals surface area contributed by atoms with Crippen LogP contribution in [0.3, 0.4) is 0 Å². The van der Waals surface area contributed by atoms with Gasteiger partial charge in [-0.15, -0.1) is 0 Å². The highest BCUT2D eigenvalue weighted by atomic mass is 16.1. The zero-order valence-corrected chi connectivity index (χ0v) is 10.7. The van der Waals surface area contributed by atoms with E-state index in [9.17, 15) is 4.79 Å². The van der Waals surface area contributed by atoms with Gasteiger partial charge in [-0.1, -0.05) is 13.8 Å². The molecule has 1 N–H and O–H groups in total. The Morgan fingerprint density at radius 3 is 2.72 bits per heavy atom. The lowest BCUT2D eigenvalue weighted by Gasteiger charge is -2.19. The summed E-state index contributed by atoms with van der Waals surface area (Å²) in [6.07, 6.45) is 3.62. The molecule has 1 aromatic heterocycles. The number of aromatic nitrogens is 1. The fourth-order valence-electron chi connectivity index (χ4n) is 2.41. The van der Waals surface area contributed by atoms with Crippen LogP contribution >= 0.6 is 0 Å². The van der Waals surface area contributed by atoms with Crippen molar-refractivity contribution >= 4 is 5.91 Å². The van der Waals surface area contributed by atoms with Gasteiger partial charge >= 0.3 is 0 Å². The second-order valence-electron chi connectivity index (χ2n) is 5.04. The third-order valence-corrected chi connectivity index (χ3v) is 3.91. The summed E-state index contributed by atoms with van der Waals surface area (Å²) in [6.45, 7) is 4.39. The first-order chi connectivity index (χ1) is 8.61. The van der Waals surface area contributed by atoms with Gasteiger partial charge in [0.25, 0.3) is 5.91 Å². The standard InChI is InChI=1S/C14H17N3O/c1-9-3-5-12(10(9)2)17-14(18)13-6-4-11(7-15)8-16-13/h4,6,8-10,12H,3,5H2,1-2H3,(H,17,18). The molecule has 1 amide bonds. The van der Waals surface area contributed by atoms with Crippen molar-refractivity contribution in [2.75, 3.05) is 0 Å². The van der Waals surface area contributed by atoms with Crippen LogP contribution in [0.25, 0.3) is 0 Å². The number of hydrogen-bond donors (Lipinski definition) is 1. The minimum atomic E-state index is -0.148. The predicted molar refractivity (Wildman–Crippen MR) is 67.8 cm³/mol. The molecule has 1 aliphatic carbocycles. The van der Waals surface area contributed by atoms with Crippen molar-refractivity contribution in [2.45, 2.75) is 32.7 Å². The lowest BCUT2D eigenvalue weighted by atomic mass is 9.98. The second-order valence-corrected chi connectivity index (χ2v) is 5.04. The van der Waals surface area contributed by atoms with Crippen molar-refractivity contribution in [3.8, 4) is 6.07 Å². The van der Waals surface area contributed by atoms with Crippen molar-refractivity contribution in [2.24, 2.45) is 11.8 Å². The highest BCUT2D eigenvalue weighted by molar-refractivity contribution is 5.92. The molecule has 2 rings (SSSR count). The van der Waals surface area contributed by atoms with Gasteiger partial charge in [-0.3, -0.25) is 4.79 Å². The van der Waals surface area contributed by atoms with E-state index in [2.05, 4.69) is 24.1 Å². The van der Waals surface area contributed by atoms with Gasteiger partial charge in [0.05, 0.1) is 5.56 Å². The van der Waals surface area contributed by atoms with Crippen LogP contribution in [0.2, 0.25) is 0 Å². The topological polar surface area (TPSA) is 65.8 Å². The molecule has 0 radical (unpaired) electrons. The molecule has 4 heteroatoms. The van der Waals surface area contributed by atoms with E-state index in [-0.39, 0.29) is 11.9 Å². The normalized spacial score (nSPS) is 26.6. The molecule has 0 saturated heterocycles. The van der Waals surface area contributed by atoms with E-state index in [0.717, 1.165) is 12.8 Å². The number of carbonyl (C=O) groups is 1. The van der Waals surface area contributed by atoms with E-state index in [1.165, 1.54) is 6.20 Å². The van der Waals surface area contributed by atoms with Crippen molar-refractivity contribution in [1.82, 2.24) is 10.3 Å². The average Bonchev–Trinajstić information content (AvgIpc) is 2.71. The summed E-state index contributed by atoms with van der Waals surface area (Å²) in [6, 6.07) is 5.43. The summed E-state index contributed by atoms with van der Waals surface area (Å²) in [4.78, 5) is 16.0. The molecule has 0 spiro atoms. The van der Waals surface area contributed by atoms with Crippen LogP contribution in [-0.4, -0.2) is 16.9 Å². The molecule has 18 heavy (non-hydrogen) atoms. The van der Waals surface area contributed by atoms with E-state index in [1.807, 2.05) is 6.07 Å². The Labute approximate surface area is 107 Å². The molecule has 94 valence electrons. The maximum absolute atomic E-state index is 12.0. The number of hydrogen-bond acceptors (Lipinski definition) is 3. The van der Waals surface area contributed by atoms with Gasteiger partial charge in [0, 0.05) is 12.2 Å². The molecule has 1 heterocycles. The summed E-state index contributed by atoms with van der Waals surface area (Å²) < 4.78 is 0. The highest BCUT2D eigenvalue weighted by Crippen LogP contribution is 2.31. The molecule has 1 fully saturated rings. The smallest absolute Gasteiger partial charge is 0.270 e. The van der Waals surface area contributed by atoms with E-state index in [0.29, 0.717) is 23.1 Å². The lowest BCUT2D eigenvalue weighted by molar-refractivity contribution is 0.0922. The van der Waals surface area contributed by atoms with Crippen LogP contribution in [0.5, 0.6) is 0 Å². The third-order valence-electron chi connectivity index (χ3n) is 3.91. The quantitative estimate of drug-likeness (QED) is 0.865. The van der Waals surface area contributed by atoms with Gasteiger partial charge in [-0.05, 0) is 36.8 Å². The second kappa shape index (κ2) is 5.18. The number of amides is 1.